The quantitative estimate of drug-likeness (QED) is 0.342. The fraction of sp³-hybridized carbons (Fsp3) is 0.312. The summed E-state index contributed by atoms with van der Waals surface area (Å²) in [5, 5.41) is 0. The Morgan fingerprint density at radius 2 is 2.17 bits per heavy atom. The van der Waals surface area contributed by atoms with Crippen LogP contribution in [0.1, 0.15) is 31.7 Å². The van der Waals surface area contributed by atoms with Gasteiger partial charge in [0, 0.05) is 12.5 Å². The monoisotopic (exact) mass is 242 g/mol. The third-order valence-electron chi connectivity index (χ3n) is 2.33. The second-order valence-corrected chi connectivity index (χ2v) is 3.95. The lowest BCUT2D eigenvalue weighted by molar-refractivity contribution is -0.143. The van der Waals surface area contributed by atoms with E-state index in [1.54, 1.807) is 0 Å². The average molecular weight is 242 g/mol. The van der Waals surface area contributed by atoms with E-state index in [1.807, 2.05) is 36.4 Å². The molecule has 0 bridgehead atoms. The van der Waals surface area contributed by atoms with Gasteiger partial charge in [0.25, 0.3) is 0 Å². The molecule has 0 saturated carbocycles. The standard InChI is InChI=1S/C16H18O2/c1-3-4-6-11-16(18-14(2)17)13-12-15-9-7-5-8-10-15/h3,5,7-10,16H,1,4,6,11H2,2H3/t16-/m1/s1. The zero-order valence-corrected chi connectivity index (χ0v) is 10.7. The molecule has 0 aliphatic carbocycles. The fourth-order valence-corrected chi connectivity index (χ4v) is 1.49. The number of esters is 1. The highest BCUT2D eigenvalue weighted by Gasteiger charge is 2.07. The Hall–Kier alpha value is -2.01. The summed E-state index contributed by atoms with van der Waals surface area (Å²) in [6, 6.07) is 9.67. The van der Waals surface area contributed by atoms with Crippen molar-refractivity contribution in [3.63, 3.8) is 0 Å². The Bertz CT molecular complexity index is 437. The highest BCUT2D eigenvalue weighted by molar-refractivity contribution is 5.66. The van der Waals surface area contributed by atoms with Crippen molar-refractivity contribution in [1.82, 2.24) is 0 Å². The molecule has 0 aliphatic rings. The van der Waals surface area contributed by atoms with Crippen molar-refractivity contribution in [2.75, 3.05) is 0 Å². The number of hydrogen-bond acceptors (Lipinski definition) is 2. The van der Waals surface area contributed by atoms with E-state index in [1.165, 1.54) is 6.92 Å². The molecule has 18 heavy (non-hydrogen) atoms. The lowest BCUT2D eigenvalue weighted by Gasteiger charge is -2.09. The molecular weight excluding hydrogens is 224 g/mol. The molecule has 0 spiro atoms. The van der Waals surface area contributed by atoms with Crippen molar-refractivity contribution in [2.24, 2.45) is 0 Å². The Labute approximate surface area is 109 Å². The van der Waals surface area contributed by atoms with Crippen LogP contribution in [0, 0.1) is 11.8 Å². The normalized spacial score (nSPS) is 10.9. The molecule has 0 aromatic heterocycles. The number of hydrogen-bond donors (Lipinski definition) is 0. The predicted octanol–water partition coefficient (Wildman–Crippen LogP) is 3.33. The summed E-state index contributed by atoms with van der Waals surface area (Å²) in [5.74, 6) is 5.73. The predicted molar refractivity (Wildman–Crippen MR) is 72.9 cm³/mol. The van der Waals surface area contributed by atoms with Gasteiger partial charge in [0.05, 0.1) is 0 Å². The molecule has 0 N–H and O–H groups in total. The van der Waals surface area contributed by atoms with Crippen LogP contribution in [0.25, 0.3) is 0 Å². The first-order valence-electron chi connectivity index (χ1n) is 6.07. The van der Waals surface area contributed by atoms with Crippen molar-refractivity contribution >= 4 is 5.97 Å². The van der Waals surface area contributed by atoms with Gasteiger partial charge in [0.15, 0.2) is 6.10 Å². The molecule has 0 fully saturated rings. The fourth-order valence-electron chi connectivity index (χ4n) is 1.49. The number of rotatable bonds is 5. The largest absolute Gasteiger partial charge is 0.449 e. The molecule has 0 aliphatic heterocycles. The molecule has 1 rings (SSSR count). The number of unbranched alkanes of at least 4 members (excludes halogenated alkanes) is 1. The minimum Gasteiger partial charge on any atom is -0.449 e. The van der Waals surface area contributed by atoms with Gasteiger partial charge in [-0.15, -0.1) is 6.58 Å². The number of allylic oxidation sites excluding steroid dienone is 1. The third kappa shape index (κ3) is 5.91. The van der Waals surface area contributed by atoms with Crippen LogP contribution in [0.4, 0.5) is 0 Å². The van der Waals surface area contributed by atoms with E-state index in [0.717, 1.165) is 24.8 Å². The van der Waals surface area contributed by atoms with E-state index in [0.29, 0.717) is 0 Å². The SMILES string of the molecule is C=CCCC[C@H](C#Cc1ccccc1)OC(C)=O. The lowest BCUT2D eigenvalue weighted by atomic mass is 10.1. The Morgan fingerprint density at radius 1 is 1.44 bits per heavy atom. The Kier molecular flexibility index (Phi) is 6.35. The second-order valence-electron chi connectivity index (χ2n) is 3.95. The van der Waals surface area contributed by atoms with E-state index in [2.05, 4.69) is 18.4 Å². The van der Waals surface area contributed by atoms with Gasteiger partial charge in [-0.05, 0) is 31.4 Å². The van der Waals surface area contributed by atoms with Crippen molar-refractivity contribution in [2.45, 2.75) is 32.3 Å². The number of benzene rings is 1. The highest BCUT2D eigenvalue weighted by Crippen LogP contribution is 2.06. The minimum absolute atomic E-state index is 0.291. The maximum Gasteiger partial charge on any atom is 0.303 e. The molecule has 0 saturated heterocycles. The first kappa shape index (κ1) is 14.1. The van der Waals surface area contributed by atoms with E-state index in [4.69, 9.17) is 4.74 Å². The summed E-state index contributed by atoms with van der Waals surface area (Å²) in [7, 11) is 0. The van der Waals surface area contributed by atoms with Gasteiger partial charge in [-0.25, -0.2) is 0 Å². The molecule has 94 valence electrons. The van der Waals surface area contributed by atoms with Crippen LogP contribution in [0.15, 0.2) is 43.0 Å². The average Bonchev–Trinajstić information content (AvgIpc) is 2.37. The van der Waals surface area contributed by atoms with Crippen LogP contribution in [-0.2, 0) is 9.53 Å². The topological polar surface area (TPSA) is 26.3 Å². The van der Waals surface area contributed by atoms with Gasteiger partial charge in [0.2, 0.25) is 0 Å². The van der Waals surface area contributed by atoms with Gasteiger partial charge in [0.1, 0.15) is 0 Å². The van der Waals surface area contributed by atoms with Gasteiger partial charge in [-0.1, -0.05) is 36.1 Å². The molecule has 0 unspecified atom stereocenters. The Balaban J connectivity index is 2.62. The van der Waals surface area contributed by atoms with Gasteiger partial charge in [-0.3, -0.25) is 4.79 Å². The van der Waals surface area contributed by atoms with Crippen LogP contribution in [0.5, 0.6) is 0 Å². The molecular formula is C16H18O2. The van der Waals surface area contributed by atoms with E-state index in [9.17, 15) is 4.79 Å². The number of ether oxygens (including phenoxy) is 1. The molecule has 0 amide bonds. The van der Waals surface area contributed by atoms with Crippen LogP contribution < -0.4 is 0 Å². The lowest BCUT2D eigenvalue weighted by Crippen LogP contribution is -2.14. The van der Waals surface area contributed by atoms with Crippen molar-refractivity contribution in [1.29, 1.82) is 0 Å². The van der Waals surface area contributed by atoms with Crippen LogP contribution in [0.2, 0.25) is 0 Å². The molecule has 1 aromatic rings. The molecule has 0 heterocycles. The maximum absolute atomic E-state index is 11.0. The molecule has 1 atom stereocenters. The zero-order valence-electron chi connectivity index (χ0n) is 10.7. The summed E-state index contributed by atoms with van der Waals surface area (Å²) >= 11 is 0. The van der Waals surface area contributed by atoms with Crippen LogP contribution >= 0.6 is 0 Å². The first-order valence-corrected chi connectivity index (χ1v) is 6.07. The van der Waals surface area contributed by atoms with E-state index in [-0.39, 0.29) is 12.1 Å². The van der Waals surface area contributed by atoms with Crippen molar-refractivity contribution in [3.8, 4) is 11.8 Å². The molecule has 2 heteroatoms. The summed E-state index contributed by atoms with van der Waals surface area (Å²) < 4.78 is 5.17. The minimum atomic E-state index is -0.331. The Morgan fingerprint density at radius 3 is 2.78 bits per heavy atom. The van der Waals surface area contributed by atoms with Crippen LogP contribution in [-0.4, -0.2) is 12.1 Å². The van der Waals surface area contributed by atoms with Crippen molar-refractivity contribution in [3.05, 3.63) is 48.6 Å². The number of carbonyl (C=O) groups excluding carboxylic acids is 1. The summed E-state index contributed by atoms with van der Waals surface area (Å²) in [4.78, 5) is 11.0. The summed E-state index contributed by atoms with van der Waals surface area (Å²) in [6.45, 7) is 5.08. The smallest absolute Gasteiger partial charge is 0.303 e. The zero-order chi connectivity index (χ0) is 13.2. The van der Waals surface area contributed by atoms with E-state index >= 15 is 0 Å². The van der Waals surface area contributed by atoms with E-state index < -0.39 is 0 Å². The first-order chi connectivity index (χ1) is 8.72. The van der Waals surface area contributed by atoms with Gasteiger partial charge in [-0.2, -0.15) is 0 Å². The summed E-state index contributed by atoms with van der Waals surface area (Å²) in [6.07, 6.45) is 4.10. The third-order valence-corrected chi connectivity index (χ3v) is 2.33. The number of carbonyl (C=O) groups is 1. The maximum atomic E-state index is 11.0. The van der Waals surface area contributed by atoms with Gasteiger partial charge >= 0.3 is 5.97 Å². The van der Waals surface area contributed by atoms with Crippen LogP contribution in [0.3, 0.4) is 0 Å². The highest BCUT2D eigenvalue weighted by atomic mass is 16.5. The second kappa shape index (κ2) is 8.14. The molecule has 2 nitrogen and oxygen atoms in total. The van der Waals surface area contributed by atoms with Gasteiger partial charge < -0.3 is 4.74 Å². The summed E-state index contributed by atoms with van der Waals surface area (Å²) in [5.41, 5.74) is 0.929. The molecule has 0 radical (unpaired) electrons. The van der Waals surface area contributed by atoms with Crippen molar-refractivity contribution < 1.29 is 9.53 Å². The molecule has 1 aromatic carbocycles.